The first kappa shape index (κ1) is 41.3. The Bertz CT molecular complexity index is 1740. The van der Waals surface area contributed by atoms with Crippen LogP contribution < -0.4 is 30.6 Å². The summed E-state index contributed by atoms with van der Waals surface area (Å²) in [6.45, 7) is 4.34. The number of aliphatic hydroxyl groups is 3. The number of ether oxygens (including phenoxy) is 3. The van der Waals surface area contributed by atoms with Crippen molar-refractivity contribution < 1.29 is 39.4 Å². The van der Waals surface area contributed by atoms with Crippen molar-refractivity contribution in [2.75, 3.05) is 31.6 Å². The fraction of sp³-hybridized carbons (Fsp3) is 0.610. The second-order valence-corrected chi connectivity index (χ2v) is 17.9. The second kappa shape index (κ2) is 19.7. The fourth-order valence-corrected chi connectivity index (χ4v) is 10.7. The summed E-state index contributed by atoms with van der Waals surface area (Å²) < 4.78 is 18.5. The Hall–Kier alpha value is -3.32. The first-order valence-corrected chi connectivity index (χ1v) is 22.1. The summed E-state index contributed by atoms with van der Waals surface area (Å²) in [6.07, 6.45) is 4.61. The molecule has 2 bridgehead atoms. The molecule has 0 amide bonds. The van der Waals surface area contributed by atoms with Gasteiger partial charge in [-0.1, -0.05) is 72.3 Å². The van der Waals surface area contributed by atoms with Crippen molar-refractivity contribution in [2.45, 2.75) is 109 Å². The molecule has 2 heterocycles. The molecule has 5 unspecified atom stereocenters. The van der Waals surface area contributed by atoms with Gasteiger partial charge in [-0.3, -0.25) is 15.1 Å². The Kier molecular flexibility index (Phi) is 14.8. The van der Waals surface area contributed by atoms with Gasteiger partial charge >= 0.3 is 0 Å². The van der Waals surface area contributed by atoms with Crippen LogP contribution in [0.5, 0.6) is 23.0 Å². The zero-order valence-electron chi connectivity index (χ0n) is 31.9. The minimum absolute atomic E-state index is 0.00209. The van der Waals surface area contributed by atoms with E-state index in [1.54, 1.807) is 27.7 Å². The van der Waals surface area contributed by atoms with E-state index in [0.717, 1.165) is 41.0 Å². The third kappa shape index (κ3) is 10.8. The topological polar surface area (TPSA) is 188 Å². The lowest BCUT2D eigenvalue weighted by molar-refractivity contribution is -0.121. The molecule has 2 aliphatic heterocycles. The third-order valence-corrected chi connectivity index (χ3v) is 13.7. The summed E-state index contributed by atoms with van der Waals surface area (Å²) in [7, 11) is 3.57. The van der Waals surface area contributed by atoms with E-state index in [1.165, 1.54) is 18.9 Å². The number of fused-ring (bicyclic) bond motifs is 5. The van der Waals surface area contributed by atoms with Crippen molar-refractivity contribution in [1.29, 1.82) is 0 Å². The molecule has 4 aliphatic rings. The molecular weight excluding hydrogens is 741 g/mol. The van der Waals surface area contributed by atoms with Gasteiger partial charge in [0, 0.05) is 66.4 Å². The maximum Gasteiger partial charge on any atom is 0.201 e. The summed E-state index contributed by atoms with van der Waals surface area (Å²) in [5.41, 5.74) is 10.0. The van der Waals surface area contributed by atoms with Gasteiger partial charge in [-0.15, -0.1) is 0 Å². The molecule has 1 fully saturated rings. The number of hydrogen-bond donors (Lipinski definition) is 7. The van der Waals surface area contributed by atoms with Crippen molar-refractivity contribution in [2.24, 2.45) is 28.5 Å². The molecule has 0 saturated heterocycles. The lowest BCUT2D eigenvalue weighted by atomic mass is 9.81. The smallest absolute Gasteiger partial charge is 0.201 e. The van der Waals surface area contributed by atoms with E-state index in [9.17, 15) is 25.2 Å². The molecule has 5 atom stereocenters. The highest BCUT2D eigenvalue weighted by atomic mass is 33.1. The van der Waals surface area contributed by atoms with Crippen molar-refractivity contribution in [1.82, 2.24) is 10.6 Å². The largest absolute Gasteiger partial charge is 0.504 e. The maximum absolute atomic E-state index is 13.1. The number of aryl methyl sites for hydroxylation is 2. The molecule has 0 aromatic heterocycles. The molecule has 0 spiro atoms. The van der Waals surface area contributed by atoms with Crippen LogP contribution in [0.25, 0.3) is 0 Å². The van der Waals surface area contributed by atoms with E-state index < -0.39 is 19.2 Å². The number of benzene rings is 2. The first-order chi connectivity index (χ1) is 26.6. The number of phenolic OH excluding ortho intramolecular Hbond substituents is 1. The molecule has 2 aromatic rings. The van der Waals surface area contributed by atoms with Gasteiger partial charge in [0.15, 0.2) is 35.8 Å². The average Bonchev–Trinajstić information content (AvgIpc) is 3.68. The zero-order valence-corrected chi connectivity index (χ0v) is 33.5. The molecule has 12 nitrogen and oxygen atoms in total. The minimum Gasteiger partial charge on any atom is -0.504 e. The molecule has 1 saturated carbocycles. The molecule has 2 aliphatic carbocycles. The van der Waals surface area contributed by atoms with Crippen LogP contribution in [-0.2, 0) is 30.5 Å². The number of ketones is 1. The molecule has 55 heavy (non-hydrogen) atoms. The highest BCUT2D eigenvalue weighted by Crippen LogP contribution is 2.46. The van der Waals surface area contributed by atoms with Crippen LogP contribution in [0.15, 0.2) is 23.2 Å². The first-order valence-electron chi connectivity index (χ1n) is 19.6. The lowest BCUT2D eigenvalue weighted by Gasteiger charge is -2.37. The van der Waals surface area contributed by atoms with Gasteiger partial charge in [0.2, 0.25) is 6.29 Å². The molecular formula is C41H56N4O8S2. The standard InChI is InChI=1S/C41H56N4O8S2/c1-24(2)35-21-55-54-20-28(19-43-41(42)45-35)34-18-33-26-11-14-31(48)17-30(47)13-10-25-12-15-36(49)38(52-23-46)32(25)9-5-6-27(16-26)37(39(33)53-40(34)50)51-22-44-29-7-3-4-8-29/h12,15-16,24,28-29,31,34-35,40,44,46,48-50H,3-4,6-8,10-11,13-14,17-23H2,1-2H3,(H3,42,43,45). The average molecular weight is 797 g/mol. The molecule has 14 heteroatoms. The number of phenols is 1. The van der Waals surface area contributed by atoms with E-state index in [4.69, 9.17) is 24.9 Å². The maximum atomic E-state index is 13.1. The number of aliphatic imine (C=N–C) groups is 1. The van der Waals surface area contributed by atoms with Crippen molar-refractivity contribution >= 4 is 33.3 Å². The lowest BCUT2D eigenvalue weighted by Crippen LogP contribution is -2.45. The van der Waals surface area contributed by atoms with Gasteiger partial charge in [0.1, 0.15) is 12.5 Å². The Morgan fingerprint density at radius 2 is 1.84 bits per heavy atom. The van der Waals surface area contributed by atoms with Crippen LogP contribution in [0.4, 0.5) is 0 Å². The number of aliphatic hydroxyl groups excluding tert-OH is 3. The van der Waals surface area contributed by atoms with E-state index >= 15 is 0 Å². The van der Waals surface area contributed by atoms with Crippen LogP contribution in [0, 0.1) is 29.6 Å². The number of hydrogen-bond acceptors (Lipinski definition) is 14. The number of Topliss-reactive ketones (excluding diaryl/α,β-unsaturated/α-hetero) is 1. The van der Waals surface area contributed by atoms with E-state index in [2.05, 4.69) is 42.4 Å². The van der Waals surface area contributed by atoms with Gasteiger partial charge in [-0.25, -0.2) is 0 Å². The van der Waals surface area contributed by atoms with E-state index in [-0.39, 0.29) is 61.2 Å². The van der Waals surface area contributed by atoms with Crippen LogP contribution in [-0.4, -0.2) is 88.2 Å². The number of nitrogens with one attached hydrogen (secondary N) is 2. The van der Waals surface area contributed by atoms with Gasteiger partial charge in [0.05, 0.1) is 11.7 Å². The molecule has 6 rings (SSSR count). The third-order valence-electron chi connectivity index (χ3n) is 11.2. The van der Waals surface area contributed by atoms with Gasteiger partial charge in [-0.05, 0) is 67.6 Å². The van der Waals surface area contributed by atoms with Crippen molar-refractivity contribution in [3.8, 4) is 34.8 Å². The van der Waals surface area contributed by atoms with Crippen molar-refractivity contribution in [3.05, 3.63) is 46.0 Å². The van der Waals surface area contributed by atoms with Gasteiger partial charge in [0.25, 0.3) is 0 Å². The number of nitrogens with zero attached hydrogens (tertiary/aromatic N) is 1. The number of carbonyl (C=O) groups is 1. The predicted molar refractivity (Wildman–Crippen MR) is 216 cm³/mol. The quantitative estimate of drug-likeness (QED) is 0.115. The normalized spacial score (nSPS) is 25.5. The van der Waals surface area contributed by atoms with Crippen LogP contribution >= 0.6 is 21.6 Å². The van der Waals surface area contributed by atoms with Crippen LogP contribution in [0.2, 0.25) is 0 Å². The summed E-state index contributed by atoms with van der Waals surface area (Å²) in [4.78, 5) is 17.8. The fourth-order valence-electron chi connectivity index (χ4n) is 7.84. The van der Waals surface area contributed by atoms with Crippen LogP contribution in [0.3, 0.4) is 0 Å². The molecule has 300 valence electrons. The van der Waals surface area contributed by atoms with Gasteiger partial charge in [-0.2, -0.15) is 0 Å². The minimum atomic E-state index is -1.14. The number of nitrogens with two attached hydrogens (primary N) is 1. The summed E-state index contributed by atoms with van der Waals surface area (Å²) in [6, 6.07) is 5.79. The Labute approximate surface area is 332 Å². The molecule has 2 aromatic carbocycles. The SMILES string of the molecule is CC(C)C1CSSCC(C2Cc3c4cc(c(OCNC5CCCC5)c3OC2O)CC#Cc2c(ccc(O)c2OCO)CCC(=O)CC(O)CC4)CN=C(N)N1. The monoisotopic (exact) mass is 796 g/mol. The van der Waals surface area contributed by atoms with E-state index in [0.29, 0.717) is 72.8 Å². The Morgan fingerprint density at radius 3 is 2.62 bits per heavy atom. The van der Waals surface area contributed by atoms with E-state index in [1.807, 2.05) is 0 Å². The summed E-state index contributed by atoms with van der Waals surface area (Å²) >= 11 is 0. The van der Waals surface area contributed by atoms with Crippen LogP contribution in [0.1, 0.15) is 86.6 Å². The van der Waals surface area contributed by atoms with Gasteiger partial charge < -0.3 is 45.7 Å². The summed E-state index contributed by atoms with van der Waals surface area (Å²) in [5.74, 6) is 9.24. The highest BCUT2D eigenvalue weighted by molar-refractivity contribution is 8.76. The highest BCUT2D eigenvalue weighted by Gasteiger charge is 2.38. The Morgan fingerprint density at radius 1 is 1.04 bits per heavy atom. The second-order valence-electron chi connectivity index (χ2n) is 15.4. The summed E-state index contributed by atoms with van der Waals surface area (Å²) in [5, 5.41) is 50.0. The molecule has 0 radical (unpaired) electrons. The number of aromatic hydroxyl groups is 1. The predicted octanol–water partition coefficient (Wildman–Crippen LogP) is 4.19. The van der Waals surface area contributed by atoms with Crippen molar-refractivity contribution in [3.63, 3.8) is 0 Å². The Balaban J connectivity index is 1.39. The number of guanidine groups is 1. The molecule has 8 N–H and O–H groups in total. The number of carbonyl (C=O) groups excluding carboxylic acids is 1. The number of rotatable bonds is 8. The zero-order chi connectivity index (χ0) is 38.9.